The molecule has 0 aliphatic rings. The summed E-state index contributed by atoms with van der Waals surface area (Å²) < 4.78 is 7.10. The van der Waals surface area contributed by atoms with Crippen LogP contribution in [0.3, 0.4) is 0 Å². The molecule has 4 aromatic rings. The topological polar surface area (TPSA) is 13.1 Å². The zero-order chi connectivity index (χ0) is 13.4. The van der Waals surface area contributed by atoms with E-state index in [1.807, 2.05) is 24.3 Å². The Labute approximate surface area is 120 Å². The number of hydrogen-bond donors (Lipinski definition) is 0. The molecule has 0 amide bonds. The molecule has 0 fully saturated rings. The van der Waals surface area contributed by atoms with Crippen LogP contribution in [0.25, 0.3) is 33.2 Å². The van der Waals surface area contributed by atoms with E-state index < -0.39 is 0 Å². The SMILES string of the molecule is C(=C\c1cc2ccccc2s1)/c1cc2ccccc2o1. The van der Waals surface area contributed by atoms with Crippen molar-refractivity contribution in [2.75, 3.05) is 0 Å². The van der Waals surface area contributed by atoms with Gasteiger partial charge in [0, 0.05) is 15.0 Å². The number of furan rings is 1. The molecule has 0 unspecified atom stereocenters. The molecule has 1 nitrogen and oxygen atoms in total. The van der Waals surface area contributed by atoms with E-state index in [0.29, 0.717) is 0 Å². The molecule has 0 saturated heterocycles. The molecular formula is C18H12OS. The molecule has 0 aliphatic carbocycles. The summed E-state index contributed by atoms with van der Waals surface area (Å²) in [6.45, 7) is 0. The number of thiophene rings is 1. The highest BCUT2D eigenvalue weighted by Gasteiger charge is 2.01. The molecular weight excluding hydrogens is 264 g/mol. The number of rotatable bonds is 2. The number of hydrogen-bond acceptors (Lipinski definition) is 2. The second-order valence-corrected chi connectivity index (χ2v) is 5.82. The molecule has 2 heterocycles. The minimum absolute atomic E-state index is 0.892. The van der Waals surface area contributed by atoms with Gasteiger partial charge in [-0.3, -0.25) is 0 Å². The van der Waals surface area contributed by atoms with Crippen LogP contribution in [0.2, 0.25) is 0 Å². The monoisotopic (exact) mass is 276 g/mol. The predicted octanol–water partition coefficient (Wildman–Crippen LogP) is 5.82. The van der Waals surface area contributed by atoms with Crippen LogP contribution in [-0.4, -0.2) is 0 Å². The van der Waals surface area contributed by atoms with E-state index in [2.05, 4.69) is 48.5 Å². The van der Waals surface area contributed by atoms with Crippen LogP contribution >= 0.6 is 11.3 Å². The summed E-state index contributed by atoms with van der Waals surface area (Å²) in [7, 11) is 0. The third-order valence-electron chi connectivity index (χ3n) is 3.30. The summed E-state index contributed by atoms with van der Waals surface area (Å²) in [5.74, 6) is 0.892. The van der Waals surface area contributed by atoms with Crippen molar-refractivity contribution in [1.82, 2.24) is 0 Å². The van der Waals surface area contributed by atoms with Gasteiger partial charge in [-0.1, -0.05) is 36.4 Å². The third-order valence-corrected chi connectivity index (χ3v) is 4.38. The molecule has 4 rings (SSSR count). The lowest BCUT2D eigenvalue weighted by Crippen LogP contribution is -1.60. The molecule has 0 atom stereocenters. The highest BCUT2D eigenvalue weighted by Crippen LogP contribution is 2.27. The van der Waals surface area contributed by atoms with Gasteiger partial charge in [0.25, 0.3) is 0 Å². The van der Waals surface area contributed by atoms with Crippen molar-refractivity contribution in [2.45, 2.75) is 0 Å². The van der Waals surface area contributed by atoms with Crippen molar-refractivity contribution in [3.8, 4) is 0 Å². The van der Waals surface area contributed by atoms with Gasteiger partial charge in [0.1, 0.15) is 11.3 Å². The van der Waals surface area contributed by atoms with Gasteiger partial charge in [0.2, 0.25) is 0 Å². The third kappa shape index (κ3) is 2.04. The Balaban J connectivity index is 1.70. The Morgan fingerprint density at radius 3 is 2.45 bits per heavy atom. The lowest BCUT2D eigenvalue weighted by atomic mass is 10.2. The van der Waals surface area contributed by atoms with Gasteiger partial charge >= 0.3 is 0 Å². The van der Waals surface area contributed by atoms with E-state index in [1.54, 1.807) is 11.3 Å². The van der Waals surface area contributed by atoms with E-state index in [9.17, 15) is 0 Å². The summed E-state index contributed by atoms with van der Waals surface area (Å²) in [6, 6.07) is 20.8. The van der Waals surface area contributed by atoms with Crippen molar-refractivity contribution in [2.24, 2.45) is 0 Å². The van der Waals surface area contributed by atoms with E-state index in [1.165, 1.54) is 15.0 Å². The Kier molecular flexibility index (Phi) is 2.68. The van der Waals surface area contributed by atoms with Crippen LogP contribution < -0.4 is 0 Å². The summed E-state index contributed by atoms with van der Waals surface area (Å²) in [5.41, 5.74) is 0.934. The quantitative estimate of drug-likeness (QED) is 0.449. The number of para-hydroxylation sites is 1. The molecule has 0 spiro atoms. The summed E-state index contributed by atoms with van der Waals surface area (Å²) in [5, 5.41) is 2.44. The Morgan fingerprint density at radius 2 is 1.60 bits per heavy atom. The first kappa shape index (κ1) is 11.5. The van der Waals surface area contributed by atoms with Crippen molar-refractivity contribution >= 4 is 44.5 Å². The standard InChI is InChI=1S/C18H12OS/c1-3-7-17-13(5-1)11-15(19-17)9-10-16-12-14-6-2-4-8-18(14)20-16/h1-12H/b10-9+. The first-order valence-corrected chi connectivity index (χ1v) is 7.35. The molecule has 0 radical (unpaired) electrons. The lowest BCUT2D eigenvalue weighted by molar-refractivity contribution is 0.604. The maximum atomic E-state index is 5.78. The van der Waals surface area contributed by atoms with Crippen molar-refractivity contribution in [3.05, 3.63) is 71.3 Å². The Bertz CT molecular complexity index is 769. The van der Waals surface area contributed by atoms with Gasteiger partial charge in [-0.05, 0) is 41.8 Å². The van der Waals surface area contributed by atoms with E-state index in [4.69, 9.17) is 4.42 Å². The Hall–Kier alpha value is -2.32. The average molecular weight is 276 g/mol. The van der Waals surface area contributed by atoms with Crippen molar-refractivity contribution < 1.29 is 4.42 Å². The molecule has 2 heteroatoms. The second-order valence-electron chi connectivity index (χ2n) is 4.71. The van der Waals surface area contributed by atoms with Crippen LogP contribution in [0, 0.1) is 0 Å². The molecule has 96 valence electrons. The van der Waals surface area contributed by atoms with Gasteiger partial charge in [0.15, 0.2) is 0 Å². The fourth-order valence-corrected chi connectivity index (χ4v) is 3.30. The molecule has 2 aromatic heterocycles. The fraction of sp³-hybridized carbons (Fsp3) is 0. The number of fused-ring (bicyclic) bond motifs is 2. The first-order chi connectivity index (χ1) is 9.88. The Morgan fingerprint density at radius 1 is 0.800 bits per heavy atom. The van der Waals surface area contributed by atoms with Crippen molar-refractivity contribution in [1.29, 1.82) is 0 Å². The molecule has 0 aliphatic heterocycles. The molecule has 20 heavy (non-hydrogen) atoms. The van der Waals surface area contributed by atoms with Crippen molar-refractivity contribution in [3.63, 3.8) is 0 Å². The van der Waals surface area contributed by atoms with Crippen LogP contribution in [-0.2, 0) is 0 Å². The first-order valence-electron chi connectivity index (χ1n) is 6.54. The van der Waals surface area contributed by atoms with Crippen LogP contribution in [0.5, 0.6) is 0 Å². The van der Waals surface area contributed by atoms with Crippen LogP contribution in [0.15, 0.2) is 65.1 Å². The maximum absolute atomic E-state index is 5.78. The zero-order valence-electron chi connectivity index (χ0n) is 10.7. The molecule has 0 saturated carbocycles. The summed E-state index contributed by atoms with van der Waals surface area (Å²) in [6.07, 6.45) is 4.15. The van der Waals surface area contributed by atoms with Crippen LogP contribution in [0.4, 0.5) is 0 Å². The van der Waals surface area contributed by atoms with E-state index >= 15 is 0 Å². The van der Waals surface area contributed by atoms with Gasteiger partial charge in [-0.25, -0.2) is 0 Å². The van der Waals surface area contributed by atoms with Crippen LogP contribution in [0.1, 0.15) is 10.6 Å². The van der Waals surface area contributed by atoms with Gasteiger partial charge in [-0.15, -0.1) is 11.3 Å². The second kappa shape index (κ2) is 4.66. The zero-order valence-corrected chi connectivity index (χ0v) is 11.6. The average Bonchev–Trinajstić information content (AvgIpc) is 3.07. The van der Waals surface area contributed by atoms with Gasteiger partial charge in [-0.2, -0.15) is 0 Å². The number of benzene rings is 2. The van der Waals surface area contributed by atoms with E-state index in [0.717, 1.165) is 16.7 Å². The highest BCUT2D eigenvalue weighted by atomic mass is 32.1. The molecule has 2 aromatic carbocycles. The van der Waals surface area contributed by atoms with Gasteiger partial charge < -0.3 is 4.42 Å². The smallest absolute Gasteiger partial charge is 0.134 e. The summed E-state index contributed by atoms with van der Waals surface area (Å²) in [4.78, 5) is 1.24. The normalized spacial score (nSPS) is 11.8. The van der Waals surface area contributed by atoms with Gasteiger partial charge in [0.05, 0.1) is 0 Å². The minimum Gasteiger partial charge on any atom is -0.457 e. The largest absolute Gasteiger partial charge is 0.457 e. The lowest BCUT2D eigenvalue weighted by Gasteiger charge is -1.84. The molecule has 0 bridgehead atoms. The minimum atomic E-state index is 0.892. The van der Waals surface area contributed by atoms with E-state index in [-0.39, 0.29) is 0 Å². The maximum Gasteiger partial charge on any atom is 0.134 e. The summed E-state index contributed by atoms with van der Waals surface area (Å²) >= 11 is 1.79. The predicted molar refractivity (Wildman–Crippen MR) is 87.0 cm³/mol. The fourth-order valence-electron chi connectivity index (χ4n) is 2.33. The molecule has 0 N–H and O–H groups in total. The highest BCUT2D eigenvalue weighted by molar-refractivity contribution is 7.19.